The Hall–Kier alpha value is -2.27. The van der Waals surface area contributed by atoms with Crippen LogP contribution in [0.3, 0.4) is 0 Å². The lowest BCUT2D eigenvalue weighted by Crippen LogP contribution is -2.26. The molecular formula is C14H14N2O3. The zero-order valence-electron chi connectivity index (χ0n) is 10.3. The maximum absolute atomic E-state index is 11.6. The molecule has 0 amide bonds. The molecule has 1 heterocycles. The first-order chi connectivity index (χ1) is 9.25. The van der Waals surface area contributed by atoms with Crippen molar-refractivity contribution in [2.75, 3.05) is 0 Å². The Balaban J connectivity index is 1.83. The Morgan fingerprint density at radius 2 is 1.84 bits per heavy atom. The van der Waals surface area contributed by atoms with Gasteiger partial charge in [-0.1, -0.05) is 30.3 Å². The van der Waals surface area contributed by atoms with Gasteiger partial charge in [0, 0.05) is 18.8 Å². The monoisotopic (exact) mass is 258 g/mol. The molecule has 5 heteroatoms. The average Bonchev–Trinajstić information content (AvgIpc) is 2.47. The molecule has 0 spiro atoms. The van der Waals surface area contributed by atoms with Gasteiger partial charge in [0.15, 0.2) is 6.10 Å². The molecule has 0 saturated heterocycles. The zero-order valence-corrected chi connectivity index (χ0v) is 10.3. The topological polar surface area (TPSA) is 72.3 Å². The van der Waals surface area contributed by atoms with Gasteiger partial charge < -0.3 is 9.84 Å². The number of carbonyl (C=O) groups excluding carboxylic acids is 1. The molecule has 1 atom stereocenters. The van der Waals surface area contributed by atoms with Crippen molar-refractivity contribution in [1.82, 2.24) is 9.97 Å². The number of nitrogens with zero attached hydrogens (tertiary/aromatic N) is 2. The van der Waals surface area contributed by atoms with E-state index < -0.39 is 12.1 Å². The van der Waals surface area contributed by atoms with E-state index in [2.05, 4.69) is 9.97 Å². The van der Waals surface area contributed by atoms with E-state index in [1.54, 1.807) is 18.5 Å². The van der Waals surface area contributed by atoms with Crippen LogP contribution in [0.2, 0.25) is 0 Å². The summed E-state index contributed by atoms with van der Waals surface area (Å²) in [6, 6.07) is 11.0. The van der Waals surface area contributed by atoms with Crippen molar-refractivity contribution >= 4 is 5.97 Å². The molecule has 0 fully saturated rings. The fraction of sp³-hybridized carbons (Fsp3) is 0.214. The summed E-state index contributed by atoms with van der Waals surface area (Å²) in [7, 11) is 0. The minimum atomic E-state index is -1.24. The second-order valence-corrected chi connectivity index (χ2v) is 3.98. The van der Waals surface area contributed by atoms with Crippen molar-refractivity contribution in [2.45, 2.75) is 19.1 Å². The summed E-state index contributed by atoms with van der Waals surface area (Å²) in [5, 5.41) is 9.69. The summed E-state index contributed by atoms with van der Waals surface area (Å²) in [5.41, 5.74) is 0.874. The molecule has 0 radical (unpaired) electrons. The lowest BCUT2D eigenvalue weighted by atomic mass is 10.2. The number of benzene rings is 1. The minimum Gasteiger partial charge on any atom is -0.459 e. The van der Waals surface area contributed by atoms with Gasteiger partial charge in [-0.3, -0.25) is 0 Å². The van der Waals surface area contributed by atoms with Gasteiger partial charge in [0.1, 0.15) is 12.4 Å². The van der Waals surface area contributed by atoms with E-state index in [9.17, 15) is 9.90 Å². The standard InChI is InChI=1S/C14H14N2O3/c17-12(9-13-15-7-4-8-16-13)14(18)19-10-11-5-2-1-3-6-11/h1-8,12,17H,9-10H2. The van der Waals surface area contributed by atoms with Gasteiger partial charge >= 0.3 is 5.97 Å². The molecule has 1 unspecified atom stereocenters. The smallest absolute Gasteiger partial charge is 0.335 e. The highest BCUT2D eigenvalue weighted by atomic mass is 16.5. The molecule has 0 aliphatic rings. The molecule has 5 nitrogen and oxygen atoms in total. The Morgan fingerprint density at radius 1 is 1.16 bits per heavy atom. The molecular weight excluding hydrogens is 244 g/mol. The molecule has 0 aliphatic carbocycles. The van der Waals surface area contributed by atoms with Crippen molar-refractivity contribution in [3.05, 3.63) is 60.2 Å². The molecule has 0 aliphatic heterocycles. The van der Waals surface area contributed by atoms with Gasteiger partial charge in [0.25, 0.3) is 0 Å². The van der Waals surface area contributed by atoms with Crippen LogP contribution in [0.4, 0.5) is 0 Å². The lowest BCUT2D eigenvalue weighted by molar-refractivity contribution is -0.154. The van der Waals surface area contributed by atoms with Gasteiger partial charge in [0.2, 0.25) is 0 Å². The van der Waals surface area contributed by atoms with E-state index in [-0.39, 0.29) is 13.0 Å². The Morgan fingerprint density at radius 3 is 2.53 bits per heavy atom. The van der Waals surface area contributed by atoms with E-state index in [1.165, 1.54) is 0 Å². The van der Waals surface area contributed by atoms with Crippen LogP contribution in [-0.2, 0) is 22.6 Å². The molecule has 1 aromatic carbocycles. The number of aliphatic hydroxyl groups is 1. The highest BCUT2D eigenvalue weighted by molar-refractivity contribution is 5.74. The lowest BCUT2D eigenvalue weighted by Gasteiger charge is -2.09. The Kier molecular flexibility index (Phi) is 4.58. The molecule has 19 heavy (non-hydrogen) atoms. The number of aliphatic hydroxyl groups excluding tert-OH is 1. The van der Waals surface area contributed by atoms with Gasteiger partial charge in [-0.2, -0.15) is 0 Å². The van der Waals surface area contributed by atoms with Gasteiger partial charge in [-0.05, 0) is 11.6 Å². The van der Waals surface area contributed by atoms with Crippen LogP contribution in [0.25, 0.3) is 0 Å². The molecule has 0 bridgehead atoms. The summed E-state index contributed by atoms with van der Waals surface area (Å²) in [5.74, 6) is -0.261. The van der Waals surface area contributed by atoms with Gasteiger partial charge in [-0.25, -0.2) is 14.8 Å². The predicted octanol–water partition coefficient (Wildman–Crippen LogP) is 1.12. The first kappa shape index (κ1) is 13.2. The molecule has 98 valence electrons. The minimum absolute atomic E-state index is 0.0501. The number of hydrogen-bond acceptors (Lipinski definition) is 5. The number of esters is 1. The summed E-state index contributed by atoms with van der Waals surface area (Å²) in [6.07, 6.45) is 1.93. The third kappa shape index (κ3) is 4.15. The van der Waals surface area contributed by atoms with E-state index in [0.29, 0.717) is 5.82 Å². The van der Waals surface area contributed by atoms with Crippen LogP contribution in [-0.4, -0.2) is 27.1 Å². The quantitative estimate of drug-likeness (QED) is 0.814. The molecule has 1 N–H and O–H groups in total. The van der Waals surface area contributed by atoms with E-state index in [0.717, 1.165) is 5.56 Å². The summed E-state index contributed by atoms with van der Waals surface area (Å²) >= 11 is 0. The highest BCUT2D eigenvalue weighted by Crippen LogP contribution is 2.03. The van der Waals surface area contributed by atoms with Crippen molar-refractivity contribution < 1.29 is 14.6 Å². The first-order valence-electron chi connectivity index (χ1n) is 5.90. The van der Waals surface area contributed by atoms with Crippen molar-refractivity contribution in [1.29, 1.82) is 0 Å². The summed E-state index contributed by atoms with van der Waals surface area (Å²) < 4.78 is 5.02. The number of rotatable bonds is 5. The van der Waals surface area contributed by atoms with E-state index in [4.69, 9.17) is 4.74 Å². The van der Waals surface area contributed by atoms with Crippen LogP contribution in [0.1, 0.15) is 11.4 Å². The fourth-order valence-corrected chi connectivity index (χ4v) is 1.52. The molecule has 0 saturated carbocycles. The van der Waals surface area contributed by atoms with Crippen LogP contribution >= 0.6 is 0 Å². The second-order valence-electron chi connectivity index (χ2n) is 3.98. The maximum Gasteiger partial charge on any atom is 0.335 e. The number of ether oxygens (including phenoxy) is 1. The van der Waals surface area contributed by atoms with Gasteiger partial charge in [-0.15, -0.1) is 0 Å². The molecule has 2 aromatic rings. The Labute approximate surface area is 110 Å². The van der Waals surface area contributed by atoms with Crippen LogP contribution in [0, 0.1) is 0 Å². The fourth-order valence-electron chi connectivity index (χ4n) is 1.52. The molecule has 1 aromatic heterocycles. The van der Waals surface area contributed by atoms with Crippen LogP contribution < -0.4 is 0 Å². The highest BCUT2D eigenvalue weighted by Gasteiger charge is 2.18. The van der Waals surface area contributed by atoms with Gasteiger partial charge in [0.05, 0.1) is 0 Å². The second kappa shape index (κ2) is 6.61. The van der Waals surface area contributed by atoms with Crippen molar-refractivity contribution in [2.24, 2.45) is 0 Å². The van der Waals surface area contributed by atoms with E-state index >= 15 is 0 Å². The summed E-state index contributed by atoms with van der Waals surface area (Å²) in [4.78, 5) is 19.5. The predicted molar refractivity (Wildman–Crippen MR) is 68.0 cm³/mol. The summed E-state index contributed by atoms with van der Waals surface area (Å²) in [6.45, 7) is 0.145. The third-order valence-corrected chi connectivity index (χ3v) is 2.49. The molecule has 2 rings (SSSR count). The van der Waals surface area contributed by atoms with E-state index in [1.807, 2.05) is 30.3 Å². The largest absolute Gasteiger partial charge is 0.459 e. The normalized spacial score (nSPS) is 11.8. The SMILES string of the molecule is O=C(OCc1ccccc1)C(O)Cc1ncccn1. The Bertz CT molecular complexity index is 517. The zero-order chi connectivity index (χ0) is 13.5. The average molecular weight is 258 g/mol. The third-order valence-electron chi connectivity index (χ3n) is 2.49. The first-order valence-corrected chi connectivity index (χ1v) is 5.90. The number of hydrogen-bond donors (Lipinski definition) is 1. The van der Waals surface area contributed by atoms with Crippen LogP contribution in [0.15, 0.2) is 48.8 Å². The van der Waals surface area contributed by atoms with Crippen molar-refractivity contribution in [3.8, 4) is 0 Å². The number of carbonyl (C=O) groups is 1. The van der Waals surface area contributed by atoms with Crippen molar-refractivity contribution in [3.63, 3.8) is 0 Å². The van der Waals surface area contributed by atoms with Crippen LogP contribution in [0.5, 0.6) is 0 Å². The maximum atomic E-state index is 11.6. The number of aromatic nitrogens is 2.